The van der Waals surface area contributed by atoms with E-state index in [2.05, 4.69) is 5.32 Å². The van der Waals surface area contributed by atoms with E-state index < -0.39 is 11.9 Å². The van der Waals surface area contributed by atoms with Crippen molar-refractivity contribution in [3.8, 4) is 11.5 Å². The Balaban J connectivity index is 1.94. The van der Waals surface area contributed by atoms with Gasteiger partial charge in [0.25, 0.3) is 5.91 Å². The van der Waals surface area contributed by atoms with Crippen molar-refractivity contribution in [1.29, 1.82) is 0 Å². The number of hydrogen-bond donors (Lipinski definition) is 1. The van der Waals surface area contributed by atoms with Crippen molar-refractivity contribution in [2.24, 2.45) is 0 Å². The van der Waals surface area contributed by atoms with Crippen LogP contribution in [0.2, 0.25) is 0 Å². The Morgan fingerprint density at radius 1 is 1.03 bits per heavy atom. The second-order valence-electron chi connectivity index (χ2n) is 7.56. The molecule has 0 saturated carbocycles. The summed E-state index contributed by atoms with van der Waals surface area (Å²) in [6.07, 6.45) is 0. The third-order valence-corrected chi connectivity index (χ3v) is 5.49. The molecule has 0 spiro atoms. The van der Waals surface area contributed by atoms with Crippen LogP contribution in [0.4, 0.5) is 10.1 Å². The van der Waals surface area contributed by atoms with Crippen LogP contribution in [0.3, 0.4) is 0 Å². The number of halogens is 1. The van der Waals surface area contributed by atoms with Crippen LogP contribution in [0.1, 0.15) is 33.1 Å². The van der Waals surface area contributed by atoms with E-state index in [1.807, 2.05) is 25.1 Å². The molecule has 6 nitrogen and oxygen atoms in total. The lowest BCUT2D eigenvalue weighted by atomic mass is 9.94. The van der Waals surface area contributed by atoms with Gasteiger partial charge in [0.05, 0.1) is 20.3 Å². The molecule has 1 aliphatic rings. The highest BCUT2D eigenvalue weighted by Crippen LogP contribution is 2.39. The number of nitrogens with one attached hydrogen (secondary N) is 1. The highest BCUT2D eigenvalue weighted by Gasteiger charge is 2.36. The van der Waals surface area contributed by atoms with E-state index in [4.69, 9.17) is 9.47 Å². The molecule has 0 fully saturated rings. The van der Waals surface area contributed by atoms with Gasteiger partial charge >= 0.3 is 0 Å². The summed E-state index contributed by atoms with van der Waals surface area (Å²) >= 11 is 0. The van der Waals surface area contributed by atoms with Gasteiger partial charge in [0.15, 0.2) is 0 Å². The number of ether oxygens (including phenoxy) is 2. The molecule has 2 amide bonds. The van der Waals surface area contributed by atoms with E-state index >= 15 is 0 Å². The van der Waals surface area contributed by atoms with Crippen LogP contribution in [0.15, 0.2) is 60.7 Å². The van der Waals surface area contributed by atoms with Crippen LogP contribution in [0, 0.1) is 12.7 Å². The number of carbonyl (C=O) groups is 2. The van der Waals surface area contributed by atoms with Crippen molar-refractivity contribution in [2.75, 3.05) is 26.1 Å². The van der Waals surface area contributed by atoms with Gasteiger partial charge in [-0.25, -0.2) is 4.39 Å². The Morgan fingerprint density at radius 3 is 2.31 bits per heavy atom. The van der Waals surface area contributed by atoms with E-state index in [1.54, 1.807) is 30.3 Å². The number of hydrogen-bond acceptors (Lipinski definition) is 4. The number of carbonyl (C=O) groups excluding carboxylic acids is 2. The van der Waals surface area contributed by atoms with Gasteiger partial charge in [0, 0.05) is 11.3 Å². The summed E-state index contributed by atoms with van der Waals surface area (Å²) in [5, 5.41) is 2.88. The maximum Gasteiger partial charge on any atom is 0.262 e. The normalized spacial score (nSPS) is 15.4. The van der Waals surface area contributed by atoms with Gasteiger partial charge in [-0.1, -0.05) is 35.9 Å². The number of rotatable bonds is 4. The summed E-state index contributed by atoms with van der Waals surface area (Å²) in [5.41, 5.74) is 3.21. The molecule has 4 rings (SSSR count). The molecule has 0 saturated heterocycles. The molecule has 32 heavy (non-hydrogen) atoms. The Bertz CT molecular complexity index is 1150. The topological polar surface area (TPSA) is 67.9 Å². The minimum Gasteiger partial charge on any atom is -0.496 e. The number of aryl methyl sites for hydroxylation is 1. The molecular formula is C25H23FN2O4. The minimum absolute atomic E-state index is 0.199. The first-order chi connectivity index (χ1) is 15.4. The lowest BCUT2D eigenvalue weighted by molar-refractivity contribution is -0.117. The molecule has 1 atom stereocenters. The average Bonchev–Trinajstić information content (AvgIpc) is 2.94. The summed E-state index contributed by atoms with van der Waals surface area (Å²) < 4.78 is 24.5. The SMILES string of the molecule is COc1cccc(OC)c1C(=O)N1CC(=O)Nc2ccc(C)cc2C1c1ccc(F)cc1. The van der Waals surface area contributed by atoms with Crippen molar-refractivity contribution in [3.63, 3.8) is 0 Å². The number of nitrogens with zero attached hydrogens (tertiary/aromatic N) is 1. The molecule has 3 aromatic rings. The van der Waals surface area contributed by atoms with Crippen LogP contribution in [0.25, 0.3) is 0 Å². The van der Waals surface area contributed by atoms with Gasteiger partial charge in [0.1, 0.15) is 29.4 Å². The van der Waals surface area contributed by atoms with Crippen molar-refractivity contribution in [3.05, 3.63) is 88.7 Å². The monoisotopic (exact) mass is 434 g/mol. The van der Waals surface area contributed by atoms with Gasteiger partial charge in [-0.15, -0.1) is 0 Å². The molecular weight excluding hydrogens is 411 g/mol. The molecule has 1 aliphatic heterocycles. The summed E-state index contributed by atoms with van der Waals surface area (Å²) in [6.45, 7) is 1.74. The highest BCUT2D eigenvalue weighted by atomic mass is 19.1. The maximum atomic E-state index is 13.9. The number of benzene rings is 3. The molecule has 164 valence electrons. The van der Waals surface area contributed by atoms with Crippen LogP contribution in [-0.2, 0) is 4.79 Å². The van der Waals surface area contributed by atoms with E-state index in [0.29, 0.717) is 22.7 Å². The lowest BCUT2D eigenvalue weighted by Gasteiger charge is -2.31. The third-order valence-electron chi connectivity index (χ3n) is 5.49. The van der Waals surface area contributed by atoms with Crippen LogP contribution >= 0.6 is 0 Å². The van der Waals surface area contributed by atoms with Crippen LogP contribution in [0.5, 0.6) is 11.5 Å². The second-order valence-corrected chi connectivity index (χ2v) is 7.56. The van der Waals surface area contributed by atoms with Crippen molar-refractivity contribution < 1.29 is 23.5 Å². The first-order valence-corrected chi connectivity index (χ1v) is 10.1. The average molecular weight is 434 g/mol. The fraction of sp³-hybridized carbons (Fsp3) is 0.200. The molecule has 1 heterocycles. The van der Waals surface area contributed by atoms with E-state index in [9.17, 15) is 14.0 Å². The molecule has 1 unspecified atom stereocenters. The summed E-state index contributed by atoms with van der Waals surface area (Å²) in [5.74, 6) is -0.479. The van der Waals surface area contributed by atoms with Gasteiger partial charge in [-0.2, -0.15) is 0 Å². The smallest absolute Gasteiger partial charge is 0.262 e. The van der Waals surface area contributed by atoms with Crippen LogP contribution < -0.4 is 14.8 Å². The number of anilines is 1. The fourth-order valence-electron chi connectivity index (χ4n) is 4.03. The van der Waals surface area contributed by atoms with Gasteiger partial charge in [-0.3, -0.25) is 9.59 Å². The number of methoxy groups -OCH3 is 2. The van der Waals surface area contributed by atoms with Crippen molar-refractivity contribution in [2.45, 2.75) is 13.0 Å². The van der Waals surface area contributed by atoms with Gasteiger partial charge in [0.2, 0.25) is 5.91 Å². The Labute approximate surface area is 185 Å². The largest absolute Gasteiger partial charge is 0.496 e. The first-order valence-electron chi connectivity index (χ1n) is 10.1. The lowest BCUT2D eigenvalue weighted by Crippen LogP contribution is -2.39. The zero-order valence-corrected chi connectivity index (χ0v) is 18.0. The molecule has 1 N–H and O–H groups in total. The molecule has 3 aromatic carbocycles. The van der Waals surface area contributed by atoms with Gasteiger partial charge in [-0.05, 0) is 42.8 Å². The fourth-order valence-corrected chi connectivity index (χ4v) is 4.03. The second kappa shape index (κ2) is 8.70. The van der Waals surface area contributed by atoms with E-state index in [0.717, 1.165) is 11.1 Å². The summed E-state index contributed by atoms with van der Waals surface area (Å²) in [4.78, 5) is 28.2. The number of fused-ring (bicyclic) bond motifs is 1. The van der Waals surface area contributed by atoms with E-state index in [-0.39, 0.29) is 23.8 Å². The van der Waals surface area contributed by atoms with Crippen molar-refractivity contribution in [1.82, 2.24) is 4.90 Å². The maximum absolute atomic E-state index is 13.9. The van der Waals surface area contributed by atoms with Crippen LogP contribution in [-0.4, -0.2) is 37.5 Å². The predicted octanol–water partition coefficient (Wildman–Crippen LogP) is 4.34. The number of amides is 2. The minimum atomic E-state index is -0.633. The zero-order chi connectivity index (χ0) is 22.8. The van der Waals surface area contributed by atoms with Crippen molar-refractivity contribution >= 4 is 17.5 Å². The Kier molecular flexibility index (Phi) is 5.81. The molecule has 0 aromatic heterocycles. The van der Waals surface area contributed by atoms with E-state index in [1.165, 1.54) is 31.3 Å². The first kappa shape index (κ1) is 21.4. The Morgan fingerprint density at radius 2 is 1.69 bits per heavy atom. The molecule has 7 heteroatoms. The predicted molar refractivity (Wildman–Crippen MR) is 119 cm³/mol. The molecule has 0 aliphatic carbocycles. The molecule has 0 radical (unpaired) electrons. The Hall–Kier alpha value is -3.87. The highest BCUT2D eigenvalue weighted by molar-refractivity contribution is 6.04. The standard InChI is InChI=1S/C25H23FN2O4/c1-15-7-12-19-18(13-15)24(16-8-10-17(26)11-9-16)28(14-22(29)27-19)25(30)23-20(31-2)5-4-6-21(23)32-3/h4-13,24H,14H2,1-3H3,(H,27,29). The zero-order valence-electron chi connectivity index (χ0n) is 18.0. The summed E-state index contributed by atoms with van der Waals surface area (Å²) in [6, 6.07) is 16.0. The third kappa shape index (κ3) is 3.89. The molecule has 0 bridgehead atoms. The van der Waals surface area contributed by atoms with Gasteiger partial charge < -0.3 is 19.7 Å². The quantitative estimate of drug-likeness (QED) is 0.664. The summed E-state index contributed by atoms with van der Waals surface area (Å²) in [7, 11) is 2.94.